The minimum Gasteiger partial charge on any atom is -0.444 e. The Bertz CT molecular complexity index is 432. The second-order valence-electron chi connectivity index (χ2n) is 7.16. The SMILES string of the molecule is CN(CC(C)(C)Cc1ccccc1)C(=O)OC(C)(C)C. The van der Waals surface area contributed by atoms with Gasteiger partial charge in [-0.15, -0.1) is 0 Å². The smallest absolute Gasteiger partial charge is 0.410 e. The molecule has 0 atom stereocenters. The zero-order chi connectivity index (χ0) is 15.4. The minimum absolute atomic E-state index is 0.00695. The first kappa shape index (κ1) is 16.5. The summed E-state index contributed by atoms with van der Waals surface area (Å²) >= 11 is 0. The largest absolute Gasteiger partial charge is 0.444 e. The van der Waals surface area contributed by atoms with Gasteiger partial charge in [-0.1, -0.05) is 44.2 Å². The second-order valence-corrected chi connectivity index (χ2v) is 7.16. The molecule has 0 radical (unpaired) electrons. The number of ether oxygens (including phenoxy) is 1. The molecule has 0 aliphatic rings. The van der Waals surface area contributed by atoms with Crippen LogP contribution < -0.4 is 0 Å². The van der Waals surface area contributed by atoms with E-state index in [-0.39, 0.29) is 11.5 Å². The summed E-state index contributed by atoms with van der Waals surface area (Å²) in [4.78, 5) is 13.7. The molecule has 1 amide bonds. The van der Waals surface area contributed by atoms with Crippen LogP contribution in [-0.4, -0.2) is 30.2 Å². The third kappa shape index (κ3) is 6.09. The summed E-state index contributed by atoms with van der Waals surface area (Å²) in [6.45, 7) is 10.6. The number of hydrogen-bond acceptors (Lipinski definition) is 2. The van der Waals surface area contributed by atoms with E-state index >= 15 is 0 Å². The molecule has 0 heterocycles. The van der Waals surface area contributed by atoms with Crippen molar-refractivity contribution in [3.05, 3.63) is 35.9 Å². The zero-order valence-electron chi connectivity index (χ0n) is 13.6. The quantitative estimate of drug-likeness (QED) is 0.828. The fraction of sp³-hybridized carbons (Fsp3) is 0.588. The lowest BCUT2D eigenvalue weighted by Crippen LogP contribution is -2.40. The fourth-order valence-electron chi connectivity index (χ4n) is 2.25. The summed E-state index contributed by atoms with van der Waals surface area (Å²) in [7, 11) is 1.79. The Hall–Kier alpha value is -1.51. The van der Waals surface area contributed by atoms with Crippen LogP contribution in [0.25, 0.3) is 0 Å². The van der Waals surface area contributed by atoms with Gasteiger partial charge in [0.25, 0.3) is 0 Å². The minimum atomic E-state index is -0.449. The van der Waals surface area contributed by atoms with Gasteiger partial charge >= 0.3 is 6.09 Å². The lowest BCUT2D eigenvalue weighted by atomic mass is 9.85. The van der Waals surface area contributed by atoms with E-state index in [9.17, 15) is 4.79 Å². The summed E-state index contributed by atoms with van der Waals surface area (Å²) in [5.74, 6) is 0. The molecule has 0 aromatic heterocycles. The molecule has 0 spiro atoms. The van der Waals surface area contributed by atoms with Crippen molar-refractivity contribution in [1.29, 1.82) is 0 Å². The molecule has 3 heteroatoms. The fourth-order valence-corrected chi connectivity index (χ4v) is 2.25. The van der Waals surface area contributed by atoms with Crippen molar-refractivity contribution >= 4 is 6.09 Å². The number of benzene rings is 1. The van der Waals surface area contributed by atoms with E-state index in [1.165, 1.54) is 5.56 Å². The van der Waals surface area contributed by atoms with Crippen LogP contribution in [0.2, 0.25) is 0 Å². The van der Waals surface area contributed by atoms with Crippen molar-refractivity contribution in [2.24, 2.45) is 5.41 Å². The van der Waals surface area contributed by atoms with Gasteiger partial charge in [0.2, 0.25) is 0 Å². The van der Waals surface area contributed by atoms with E-state index < -0.39 is 5.60 Å². The van der Waals surface area contributed by atoms with Gasteiger partial charge in [0.05, 0.1) is 0 Å². The Morgan fingerprint density at radius 3 is 2.15 bits per heavy atom. The third-order valence-electron chi connectivity index (χ3n) is 2.90. The number of hydrogen-bond donors (Lipinski definition) is 0. The topological polar surface area (TPSA) is 29.5 Å². The molecule has 112 valence electrons. The standard InChI is InChI=1S/C17H27NO2/c1-16(2,3)20-15(19)18(6)13-17(4,5)12-14-10-8-7-9-11-14/h7-11H,12-13H2,1-6H3. The first-order chi connectivity index (χ1) is 9.09. The van der Waals surface area contributed by atoms with E-state index in [1.54, 1.807) is 11.9 Å². The summed E-state index contributed by atoms with van der Waals surface area (Å²) in [5.41, 5.74) is 0.845. The Balaban J connectivity index is 2.59. The maximum Gasteiger partial charge on any atom is 0.410 e. The molecule has 0 fully saturated rings. The molecular weight excluding hydrogens is 250 g/mol. The average molecular weight is 277 g/mol. The van der Waals surface area contributed by atoms with Crippen LogP contribution in [0.15, 0.2) is 30.3 Å². The predicted octanol–water partition coefficient (Wildman–Crippen LogP) is 4.12. The number of nitrogens with zero attached hydrogens (tertiary/aromatic N) is 1. The van der Waals surface area contributed by atoms with Gasteiger partial charge in [0.15, 0.2) is 0 Å². The van der Waals surface area contributed by atoms with Crippen LogP contribution in [0.1, 0.15) is 40.2 Å². The number of carbonyl (C=O) groups excluding carboxylic acids is 1. The molecule has 0 aliphatic carbocycles. The molecule has 20 heavy (non-hydrogen) atoms. The van der Waals surface area contributed by atoms with Crippen LogP contribution >= 0.6 is 0 Å². The molecule has 0 N–H and O–H groups in total. The first-order valence-corrected chi connectivity index (χ1v) is 7.07. The maximum absolute atomic E-state index is 12.0. The van der Waals surface area contributed by atoms with Crippen molar-refractivity contribution in [3.8, 4) is 0 Å². The Morgan fingerprint density at radius 1 is 1.10 bits per heavy atom. The lowest BCUT2D eigenvalue weighted by molar-refractivity contribution is 0.0236. The molecule has 0 unspecified atom stereocenters. The Labute approximate surface area is 122 Å². The van der Waals surface area contributed by atoms with Crippen LogP contribution in [0.4, 0.5) is 4.79 Å². The molecular formula is C17H27NO2. The molecule has 1 rings (SSSR count). The van der Waals surface area contributed by atoms with E-state index in [4.69, 9.17) is 4.74 Å². The highest BCUT2D eigenvalue weighted by molar-refractivity contribution is 5.67. The van der Waals surface area contributed by atoms with Gasteiger partial charge < -0.3 is 9.64 Å². The molecule has 0 saturated heterocycles. The number of carbonyl (C=O) groups is 1. The third-order valence-corrected chi connectivity index (χ3v) is 2.90. The lowest BCUT2D eigenvalue weighted by Gasteiger charge is -2.32. The molecule has 0 aliphatic heterocycles. The van der Waals surface area contributed by atoms with Gasteiger partial charge in [0.1, 0.15) is 5.60 Å². The molecule has 1 aromatic carbocycles. The van der Waals surface area contributed by atoms with Gasteiger partial charge in [-0.2, -0.15) is 0 Å². The Kier molecular flexibility index (Phi) is 5.21. The van der Waals surface area contributed by atoms with Crippen molar-refractivity contribution in [2.45, 2.75) is 46.6 Å². The van der Waals surface area contributed by atoms with E-state index in [1.807, 2.05) is 39.0 Å². The molecule has 0 saturated carbocycles. The van der Waals surface area contributed by atoms with Crippen LogP contribution in [0, 0.1) is 5.41 Å². The van der Waals surface area contributed by atoms with Crippen LogP contribution in [-0.2, 0) is 11.2 Å². The van der Waals surface area contributed by atoms with Crippen LogP contribution in [0.5, 0.6) is 0 Å². The molecule has 1 aromatic rings. The first-order valence-electron chi connectivity index (χ1n) is 7.07. The van der Waals surface area contributed by atoms with Gasteiger partial charge in [-0.25, -0.2) is 4.79 Å². The highest BCUT2D eigenvalue weighted by Crippen LogP contribution is 2.23. The van der Waals surface area contributed by atoms with E-state index in [0.29, 0.717) is 6.54 Å². The summed E-state index contributed by atoms with van der Waals surface area (Å²) < 4.78 is 5.38. The van der Waals surface area contributed by atoms with Gasteiger partial charge in [0, 0.05) is 13.6 Å². The van der Waals surface area contributed by atoms with Gasteiger partial charge in [-0.3, -0.25) is 0 Å². The van der Waals surface area contributed by atoms with Crippen LogP contribution in [0.3, 0.4) is 0 Å². The number of rotatable bonds is 4. The summed E-state index contributed by atoms with van der Waals surface area (Å²) in [6.07, 6.45) is 0.666. The number of amides is 1. The summed E-state index contributed by atoms with van der Waals surface area (Å²) in [6, 6.07) is 10.3. The normalized spacial score (nSPS) is 12.1. The summed E-state index contributed by atoms with van der Waals surface area (Å²) in [5, 5.41) is 0. The monoisotopic (exact) mass is 277 g/mol. The second kappa shape index (κ2) is 6.29. The molecule has 3 nitrogen and oxygen atoms in total. The van der Waals surface area contributed by atoms with Crippen molar-refractivity contribution in [2.75, 3.05) is 13.6 Å². The zero-order valence-corrected chi connectivity index (χ0v) is 13.6. The van der Waals surface area contributed by atoms with Crippen molar-refractivity contribution < 1.29 is 9.53 Å². The Morgan fingerprint density at radius 2 is 1.65 bits per heavy atom. The predicted molar refractivity (Wildman–Crippen MR) is 82.8 cm³/mol. The molecule has 0 bridgehead atoms. The average Bonchev–Trinajstić information content (AvgIpc) is 2.26. The highest BCUT2D eigenvalue weighted by Gasteiger charge is 2.26. The van der Waals surface area contributed by atoms with E-state index in [0.717, 1.165) is 6.42 Å². The van der Waals surface area contributed by atoms with Gasteiger partial charge in [-0.05, 0) is 38.2 Å². The van der Waals surface area contributed by atoms with E-state index in [2.05, 4.69) is 26.0 Å². The van der Waals surface area contributed by atoms with Crippen molar-refractivity contribution in [1.82, 2.24) is 4.90 Å². The van der Waals surface area contributed by atoms with Crippen molar-refractivity contribution in [3.63, 3.8) is 0 Å². The highest BCUT2D eigenvalue weighted by atomic mass is 16.6. The maximum atomic E-state index is 12.0.